The van der Waals surface area contributed by atoms with Gasteiger partial charge in [0.15, 0.2) is 0 Å². The Hall–Kier alpha value is -8.80. The van der Waals surface area contributed by atoms with Crippen LogP contribution in [-0.4, -0.2) is 55.3 Å². The quantitative estimate of drug-likeness (QED) is 0.0119. The summed E-state index contributed by atoms with van der Waals surface area (Å²) in [6, 6.07) is 42.0. The Bertz CT molecular complexity index is 2960. The maximum Gasteiger partial charge on any atom is 0.343 e. The number of anilines is 1. The number of nitrogens with one attached hydrogen (secondary N) is 1. The molecule has 386 valence electrons. The van der Waals surface area contributed by atoms with Crippen LogP contribution in [0, 0.1) is 18.8 Å². The summed E-state index contributed by atoms with van der Waals surface area (Å²) in [5.74, 6) is 5.00. The van der Waals surface area contributed by atoms with Crippen molar-refractivity contribution in [1.82, 2.24) is 4.98 Å². The van der Waals surface area contributed by atoms with Crippen LogP contribution in [0.1, 0.15) is 97.1 Å². The Morgan fingerprint density at radius 1 is 0.649 bits per heavy atom. The number of ether oxygens (including phenoxy) is 6. The summed E-state index contributed by atoms with van der Waals surface area (Å²) in [6.07, 6.45) is 6.24. The lowest BCUT2D eigenvalue weighted by Crippen LogP contribution is -2.11. The van der Waals surface area contributed by atoms with E-state index < -0.39 is 23.9 Å². The number of esters is 4. The smallest absolute Gasteiger partial charge is 0.343 e. The van der Waals surface area contributed by atoms with E-state index in [4.69, 9.17) is 28.4 Å². The minimum atomic E-state index is -0.630. The number of fused-ring (bicyclic) bond motifs is 1. The summed E-state index contributed by atoms with van der Waals surface area (Å²) in [5, 5.41) is 4.91. The third kappa shape index (κ3) is 19.8. The molecular weight excluding hydrogens is 955 g/mol. The molecule has 6 aromatic carbocycles. The topological polar surface area (TPSA) is 161 Å². The van der Waals surface area contributed by atoms with E-state index in [1.54, 1.807) is 42.5 Å². The van der Waals surface area contributed by atoms with Gasteiger partial charge in [0.1, 0.15) is 17.2 Å². The second-order valence-electron chi connectivity index (χ2n) is 15.0. The van der Waals surface area contributed by atoms with Crippen LogP contribution in [0.5, 0.6) is 17.2 Å². The summed E-state index contributed by atoms with van der Waals surface area (Å²) in [5.41, 5.74) is 10.4. The Morgan fingerprint density at radius 3 is 1.74 bits per heavy atom. The SMILES string of the molecule is C.C.C.C.C=CC(=O)OCOc1ccc(C(=O)OCCc2ccc(OC(=O)c3ccc(OCOC(=O)C=C)cc3)c(/C=N/Nc3nc4ccccc4s3)c2)cc1.CCCc1ccc(C#Cc2ccc(C)cc2)cc1. The van der Waals surface area contributed by atoms with Crippen molar-refractivity contribution in [3.8, 4) is 29.1 Å². The van der Waals surface area contributed by atoms with Gasteiger partial charge < -0.3 is 28.4 Å². The van der Waals surface area contributed by atoms with Gasteiger partial charge in [-0.15, -0.1) is 0 Å². The van der Waals surface area contributed by atoms with Gasteiger partial charge in [-0.05, 0) is 122 Å². The third-order valence-corrected chi connectivity index (χ3v) is 10.8. The molecular formula is C60H65N3O10S. The molecule has 14 heteroatoms. The van der Waals surface area contributed by atoms with Crippen molar-refractivity contribution < 1.29 is 47.6 Å². The van der Waals surface area contributed by atoms with Crippen LogP contribution in [-0.2, 0) is 36.6 Å². The number of hydrogen-bond donors (Lipinski definition) is 1. The molecule has 0 unspecified atom stereocenters. The standard InChI is InChI=1S/C38H31N3O10S.C18H18.4CH4/c1-3-34(42)49-23-47-29-14-10-26(11-15-29)36(44)46-20-19-25-9-18-32(28(21-25)22-39-41-38-40-31-7-5-6-8-33(31)52-38)51-37(45)27-12-16-30(17-13-27)48-24-50-35(43)4-2;1-3-4-16-9-11-18(12-10-16)14-13-17-7-5-15(2)6-8-17;;;;/h3-18,21-22H,1-2,19-20,23-24H2,(H,40,41);5-12H,3-4H2,1-2H3;4*1H4/b39-22+;;;;;. The average Bonchev–Trinajstić information content (AvgIpc) is 3.81. The molecule has 0 saturated heterocycles. The minimum Gasteiger partial charge on any atom is -0.462 e. The number of para-hydroxylation sites is 1. The largest absolute Gasteiger partial charge is 0.462 e. The van der Waals surface area contributed by atoms with Gasteiger partial charge in [-0.3, -0.25) is 5.43 Å². The Morgan fingerprint density at radius 2 is 1.19 bits per heavy atom. The number of carbonyl (C=O) groups excluding carboxylic acids is 4. The fraction of sp³-hybridized carbons (Fsp3) is 0.200. The first-order valence-corrected chi connectivity index (χ1v) is 22.8. The van der Waals surface area contributed by atoms with Gasteiger partial charge >= 0.3 is 23.9 Å². The third-order valence-electron chi connectivity index (χ3n) is 9.82. The number of rotatable bonds is 19. The molecule has 1 heterocycles. The van der Waals surface area contributed by atoms with Gasteiger partial charge in [-0.1, -0.05) is 127 Å². The number of nitrogens with zero attached hydrogens (tertiary/aromatic N) is 2. The molecule has 0 aliphatic rings. The highest BCUT2D eigenvalue weighted by atomic mass is 32.1. The number of aryl methyl sites for hydroxylation is 2. The Balaban J connectivity index is 0.000000721. The molecule has 74 heavy (non-hydrogen) atoms. The lowest BCUT2D eigenvalue weighted by molar-refractivity contribution is -0.145. The number of hydrazone groups is 1. The van der Waals surface area contributed by atoms with Crippen LogP contribution in [0.15, 0.2) is 170 Å². The molecule has 1 aromatic heterocycles. The van der Waals surface area contributed by atoms with E-state index in [2.05, 4.69) is 103 Å². The Labute approximate surface area is 439 Å². The molecule has 0 amide bonds. The van der Waals surface area contributed by atoms with Gasteiger partial charge in [0.25, 0.3) is 0 Å². The predicted molar refractivity (Wildman–Crippen MR) is 297 cm³/mol. The number of carbonyl (C=O) groups is 4. The summed E-state index contributed by atoms with van der Waals surface area (Å²) in [4.78, 5) is 52.6. The monoisotopic (exact) mass is 1020 g/mol. The first-order chi connectivity index (χ1) is 34.1. The fourth-order valence-corrected chi connectivity index (χ4v) is 6.97. The fourth-order valence-electron chi connectivity index (χ4n) is 6.16. The molecule has 0 saturated carbocycles. The van der Waals surface area contributed by atoms with Crippen LogP contribution in [0.25, 0.3) is 10.2 Å². The van der Waals surface area contributed by atoms with Crippen molar-refractivity contribution in [3.63, 3.8) is 0 Å². The lowest BCUT2D eigenvalue weighted by Gasteiger charge is -2.11. The van der Waals surface area contributed by atoms with Gasteiger partial charge in [-0.2, -0.15) is 5.10 Å². The number of hydrogen-bond acceptors (Lipinski definition) is 14. The zero-order valence-electron chi connectivity index (χ0n) is 38.6. The minimum absolute atomic E-state index is 0. The van der Waals surface area contributed by atoms with Crippen LogP contribution >= 0.6 is 11.3 Å². The summed E-state index contributed by atoms with van der Waals surface area (Å²) >= 11 is 1.44. The van der Waals surface area contributed by atoms with Crippen molar-refractivity contribution in [1.29, 1.82) is 0 Å². The van der Waals surface area contributed by atoms with Crippen LogP contribution in [0.2, 0.25) is 0 Å². The molecule has 0 bridgehead atoms. The number of thiazole rings is 1. The lowest BCUT2D eigenvalue weighted by atomic mass is 10.1. The Kier molecular flexibility index (Phi) is 26.7. The molecule has 1 N–H and O–H groups in total. The zero-order chi connectivity index (χ0) is 49.5. The molecule has 0 aliphatic carbocycles. The predicted octanol–water partition coefficient (Wildman–Crippen LogP) is 13.4. The summed E-state index contributed by atoms with van der Waals surface area (Å²) < 4.78 is 32.4. The summed E-state index contributed by atoms with van der Waals surface area (Å²) in [7, 11) is 0. The zero-order valence-corrected chi connectivity index (χ0v) is 39.4. The van der Waals surface area contributed by atoms with E-state index in [1.165, 1.54) is 59.4 Å². The highest BCUT2D eigenvalue weighted by molar-refractivity contribution is 7.22. The van der Waals surface area contributed by atoms with Crippen molar-refractivity contribution >= 4 is 56.8 Å². The molecule has 0 spiro atoms. The van der Waals surface area contributed by atoms with Gasteiger partial charge in [0, 0.05) is 35.3 Å². The van der Waals surface area contributed by atoms with Crippen molar-refractivity contribution in [2.75, 3.05) is 25.6 Å². The highest BCUT2D eigenvalue weighted by Crippen LogP contribution is 2.26. The van der Waals surface area contributed by atoms with E-state index >= 15 is 0 Å². The van der Waals surface area contributed by atoms with E-state index in [9.17, 15) is 19.2 Å². The van der Waals surface area contributed by atoms with Crippen molar-refractivity contribution in [3.05, 3.63) is 209 Å². The molecule has 0 aliphatic heterocycles. The molecule has 7 rings (SSSR count). The molecule has 0 atom stereocenters. The first kappa shape index (κ1) is 61.3. The number of aromatic nitrogens is 1. The molecule has 13 nitrogen and oxygen atoms in total. The first-order valence-electron chi connectivity index (χ1n) is 22.0. The second-order valence-corrected chi connectivity index (χ2v) is 16.0. The van der Waals surface area contributed by atoms with Crippen LogP contribution in [0.3, 0.4) is 0 Å². The van der Waals surface area contributed by atoms with E-state index in [0.717, 1.165) is 45.5 Å². The van der Waals surface area contributed by atoms with Gasteiger partial charge in [-0.25, -0.2) is 24.2 Å². The van der Waals surface area contributed by atoms with E-state index in [-0.39, 0.29) is 61.2 Å². The maximum absolute atomic E-state index is 13.1. The second kappa shape index (κ2) is 32.2. The summed E-state index contributed by atoms with van der Waals surface area (Å²) in [6.45, 7) is 10.4. The number of benzene rings is 6. The van der Waals surface area contributed by atoms with Crippen LogP contribution in [0.4, 0.5) is 5.13 Å². The van der Waals surface area contributed by atoms with Gasteiger partial charge in [0.05, 0.1) is 34.2 Å². The maximum atomic E-state index is 13.1. The average molecular weight is 1020 g/mol. The van der Waals surface area contributed by atoms with E-state index in [1.807, 2.05) is 24.3 Å². The molecule has 0 radical (unpaired) electrons. The van der Waals surface area contributed by atoms with Crippen LogP contribution < -0.4 is 19.6 Å². The molecule has 7 aromatic rings. The van der Waals surface area contributed by atoms with Gasteiger partial charge in [0.2, 0.25) is 18.7 Å². The normalized spacial score (nSPS) is 9.81. The highest BCUT2D eigenvalue weighted by Gasteiger charge is 2.14. The van der Waals surface area contributed by atoms with Crippen molar-refractivity contribution in [2.24, 2.45) is 5.10 Å². The van der Waals surface area contributed by atoms with Crippen molar-refractivity contribution in [2.45, 2.75) is 62.8 Å². The molecule has 0 fully saturated rings. The van der Waals surface area contributed by atoms with E-state index in [0.29, 0.717) is 34.2 Å².